The van der Waals surface area contributed by atoms with Crippen LogP contribution in [-0.4, -0.2) is 27.4 Å². The largest absolute Gasteiger partial charge is 0.484 e. The number of hydrogen-bond acceptors (Lipinski definition) is 8. The molecule has 3 N–H and O–H groups in total. The van der Waals surface area contributed by atoms with Crippen molar-refractivity contribution in [3.05, 3.63) is 76.6 Å². The van der Waals surface area contributed by atoms with Crippen LogP contribution < -0.4 is 20.9 Å². The number of rotatable bonds is 8. The smallest absolute Gasteiger partial charge is 0.418 e. The van der Waals surface area contributed by atoms with Crippen molar-refractivity contribution in [2.45, 2.75) is 6.18 Å². The zero-order valence-corrected chi connectivity index (χ0v) is 16.1. The van der Waals surface area contributed by atoms with Crippen molar-refractivity contribution in [3.8, 4) is 5.75 Å². The second-order valence-corrected chi connectivity index (χ2v) is 6.12. The number of alkyl halides is 3. The van der Waals surface area contributed by atoms with Gasteiger partial charge in [0.05, 0.1) is 16.2 Å². The Bertz CT molecular complexity index is 1110. The van der Waals surface area contributed by atoms with E-state index in [0.29, 0.717) is 5.75 Å². The first-order valence-corrected chi connectivity index (χ1v) is 8.91. The number of anilines is 3. The van der Waals surface area contributed by atoms with Gasteiger partial charge in [-0.05, 0) is 24.3 Å². The minimum atomic E-state index is -4.70. The van der Waals surface area contributed by atoms with Gasteiger partial charge < -0.3 is 10.1 Å². The van der Waals surface area contributed by atoms with Crippen molar-refractivity contribution in [3.63, 3.8) is 0 Å². The second-order valence-electron chi connectivity index (χ2n) is 6.12. The van der Waals surface area contributed by atoms with E-state index in [1.54, 1.807) is 30.3 Å². The zero-order chi connectivity index (χ0) is 23.1. The van der Waals surface area contributed by atoms with Gasteiger partial charge in [-0.15, -0.1) is 0 Å². The average molecular weight is 448 g/mol. The van der Waals surface area contributed by atoms with Crippen molar-refractivity contribution in [2.75, 3.05) is 17.3 Å². The Kier molecular flexibility index (Phi) is 6.68. The third-order valence-corrected chi connectivity index (χ3v) is 3.92. The van der Waals surface area contributed by atoms with Crippen LogP contribution in [0.25, 0.3) is 0 Å². The molecule has 0 unspecified atom stereocenters. The molecule has 0 saturated heterocycles. The number of halogens is 3. The van der Waals surface area contributed by atoms with Gasteiger partial charge in [-0.25, -0.2) is 9.97 Å². The van der Waals surface area contributed by atoms with Gasteiger partial charge in [-0.3, -0.25) is 25.8 Å². The fraction of sp³-hybridized carbons (Fsp3) is 0.105. The first-order chi connectivity index (χ1) is 15.3. The molecule has 0 bridgehead atoms. The molecule has 3 aromatic rings. The van der Waals surface area contributed by atoms with Gasteiger partial charge >= 0.3 is 11.9 Å². The Labute approximate surface area is 178 Å². The molecular formula is C19H15F3N6O4. The summed E-state index contributed by atoms with van der Waals surface area (Å²) < 4.78 is 44.9. The number of hydrazine groups is 1. The molecule has 0 spiro atoms. The standard InChI is InChI=1S/C19H15F3N6O4/c20-19(21,22)13-8-4-5-9-14(13)25-17-16(28(30)31)18(24-11-23-17)27-26-15(29)10-32-12-6-2-1-3-7-12/h1-9,11H,10H2,(H,26,29)(H2,23,24,25,27). The number of benzene rings is 2. The molecule has 3 rings (SSSR count). The fourth-order valence-corrected chi connectivity index (χ4v) is 2.53. The minimum Gasteiger partial charge on any atom is -0.484 e. The molecule has 0 saturated carbocycles. The van der Waals surface area contributed by atoms with Crippen molar-refractivity contribution in [1.29, 1.82) is 0 Å². The topological polar surface area (TPSA) is 131 Å². The maximum Gasteiger partial charge on any atom is 0.418 e. The monoisotopic (exact) mass is 448 g/mol. The van der Waals surface area contributed by atoms with E-state index in [1.165, 1.54) is 12.1 Å². The molecule has 13 heteroatoms. The number of ether oxygens (including phenoxy) is 1. The number of nitro groups is 1. The van der Waals surface area contributed by atoms with Crippen LogP contribution in [0.3, 0.4) is 0 Å². The van der Waals surface area contributed by atoms with Gasteiger partial charge in [-0.2, -0.15) is 13.2 Å². The lowest BCUT2D eigenvalue weighted by Crippen LogP contribution is -2.34. The molecular weight excluding hydrogens is 433 g/mol. The molecule has 1 amide bonds. The van der Waals surface area contributed by atoms with Gasteiger partial charge in [0.15, 0.2) is 6.61 Å². The number of aromatic nitrogens is 2. The van der Waals surface area contributed by atoms with Gasteiger partial charge in [0.2, 0.25) is 11.6 Å². The van der Waals surface area contributed by atoms with Gasteiger partial charge in [0, 0.05) is 0 Å². The van der Waals surface area contributed by atoms with Crippen molar-refractivity contribution >= 4 is 28.9 Å². The number of carbonyl (C=O) groups is 1. The van der Waals surface area contributed by atoms with Crippen LogP contribution in [0.5, 0.6) is 5.75 Å². The van der Waals surface area contributed by atoms with E-state index < -0.39 is 52.2 Å². The Morgan fingerprint density at radius 2 is 1.69 bits per heavy atom. The molecule has 1 aromatic heterocycles. The van der Waals surface area contributed by atoms with E-state index >= 15 is 0 Å². The van der Waals surface area contributed by atoms with Crippen LogP contribution in [0.1, 0.15) is 5.56 Å². The summed E-state index contributed by atoms with van der Waals surface area (Å²) in [6.45, 7) is -0.403. The summed E-state index contributed by atoms with van der Waals surface area (Å²) in [6.07, 6.45) is -3.81. The summed E-state index contributed by atoms with van der Waals surface area (Å²) in [6, 6.07) is 12.9. The quantitative estimate of drug-likeness (QED) is 0.351. The van der Waals surface area contributed by atoms with Crippen LogP contribution in [0.15, 0.2) is 60.9 Å². The number of hydrogen-bond donors (Lipinski definition) is 3. The highest BCUT2D eigenvalue weighted by atomic mass is 19.4. The van der Waals surface area contributed by atoms with E-state index in [-0.39, 0.29) is 0 Å². The molecule has 10 nitrogen and oxygen atoms in total. The molecule has 0 fully saturated rings. The number of carbonyl (C=O) groups excluding carboxylic acids is 1. The summed E-state index contributed by atoms with van der Waals surface area (Å²) in [5, 5.41) is 13.9. The highest BCUT2D eigenvalue weighted by Crippen LogP contribution is 2.37. The van der Waals surface area contributed by atoms with Crippen molar-refractivity contribution in [2.24, 2.45) is 0 Å². The summed E-state index contributed by atoms with van der Waals surface area (Å²) in [5.41, 5.74) is 2.20. The van der Waals surface area contributed by atoms with E-state index in [9.17, 15) is 28.1 Å². The summed E-state index contributed by atoms with van der Waals surface area (Å²) in [5.74, 6) is -1.19. The summed E-state index contributed by atoms with van der Waals surface area (Å²) in [4.78, 5) is 30.0. The van der Waals surface area contributed by atoms with E-state index in [1.807, 2.05) is 0 Å². The number of para-hydroxylation sites is 2. The highest BCUT2D eigenvalue weighted by Gasteiger charge is 2.34. The van der Waals surface area contributed by atoms with Gasteiger partial charge in [0.25, 0.3) is 5.91 Å². The second kappa shape index (κ2) is 9.59. The maximum absolute atomic E-state index is 13.2. The summed E-state index contributed by atoms with van der Waals surface area (Å²) >= 11 is 0. The van der Waals surface area contributed by atoms with Crippen molar-refractivity contribution in [1.82, 2.24) is 15.4 Å². The molecule has 1 heterocycles. The molecule has 0 aliphatic carbocycles. The van der Waals surface area contributed by atoms with Gasteiger partial charge in [-0.1, -0.05) is 30.3 Å². The van der Waals surface area contributed by atoms with Gasteiger partial charge in [0.1, 0.15) is 12.1 Å². The molecule has 0 radical (unpaired) electrons. The lowest BCUT2D eigenvalue weighted by Gasteiger charge is -2.15. The third-order valence-electron chi connectivity index (χ3n) is 3.92. The predicted octanol–water partition coefficient (Wildman–Crippen LogP) is 3.67. The maximum atomic E-state index is 13.2. The minimum absolute atomic E-state index is 0.403. The number of amides is 1. The third kappa shape index (κ3) is 5.59. The van der Waals surface area contributed by atoms with Crippen LogP contribution >= 0.6 is 0 Å². The Morgan fingerprint density at radius 3 is 2.38 bits per heavy atom. The first kappa shape index (κ1) is 22.3. The van der Waals surface area contributed by atoms with Crippen LogP contribution in [0.4, 0.5) is 36.2 Å². The van der Waals surface area contributed by atoms with E-state index in [0.717, 1.165) is 18.5 Å². The first-order valence-electron chi connectivity index (χ1n) is 8.91. The molecule has 0 atom stereocenters. The van der Waals surface area contributed by atoms with E-state index in [4.69, 9.17) is 4.74 Å². The molecule has 166 valence electrons. The fourth-order valence-electron chi connectivity index (χ4n) is 2.53. The van der Waals surface area contributed by atoms with E-state index in [2.05, 4.69) is 26.1 Å². The lowest BCUT2D eigenvalue weighted by atomic mass is 10.1. The van der Waals surface area contributed by atoms with Crippen molar-refractivity contribution < 1.29 is 27.6 Å². The molecule has 0 aliphatic rings. The average Bonchev–Trinajstić information content (AvgIpc) is 2.76. The molecule has 32 heavy (non-hydrogen) atoms. The highest BCUT2D eigenvalue weighted by molar-refractivity contribution is 5.81. The Morgan fingerprint density at radius 1 is 1.03 bits per heavy atom. The Balaban J connectivity index is 1.76. The van der Waals surface area contributed by atoms with Crippen LogP contribution in [-0.2, 0) is 11.0 Å². The van der Waals surface area contributed by atoms with Crippen LogP contribution in [0.2, 0.25) is 0 Å². The number of nitrogens with zero attached hydrogens (tertiary/aromatic N) is 3. The Hall–Kier alpha value is -4.42. The normalized spacial score (nSPS) is 10.8. The molecule has 0 aliphatic heterocycles. The molecule has 2 aromatic carbocycles. The zero-order valence-electron chi connectivity index (χ0n) is 16.1. The van der Waals surface area contributed by atoms with Crippen LogP contribution in [0, 0.1) is 10.1 Å². The SMILES string of the molecule is O=C(COc1ccccc1)NNc1ncnc(Nc2ccccc2C(F)(F)F)c1[N+](=O)[O-]. The number of nitrogens with one attached hydrogen (secondary N) is 3. The predicted molar refractivity (Wildman–Crippen MR) is 107 cm³/mol. The lowest BCUT2D eigenvalue weighted by molar-refractivity contribution is -0.383. The summed E-state index contributed by atoms with van der Waals surface area (Å²) in [7, 11) is 0.